The van der Waals surface area contributed by atoms with Crippen LogP contribution in [0.25, 0.3) is 43.1 Å². The van der Waals surface area contributed by atoms with Gasteiger partial charge in [0.1, 0.15) is 37.1 Å². The molecule has 0 unspecified atom stereocenters. The summed E-state index contributed by atoms with van der Waals surface area (Å²) in [4.78, 5) is 0.154. The summed E-state index contributed by atoms with van der Waals surface area (Å²) in [5.41, 5.74) is 1.71. The molecule has 10 aromatic rings. The summed E-state index contributed by atoms with van der Waals surface area (Å²) in [6.45, 7) is 5.02. The molecule has 10 rings (SSSR count). The van der Waals surface area contributed by atoms with Crippen LogP contribution in [0.2, 0.25) is 0 Å². The number of hydrogen-bond donors (Lipinski definition) is 0. The van der Waals surface area contributed by atoms with Crippen LogP contribution in [0, 0.1) is 24.7 Å². The Bertz CT molecular complexity index is 2840. The van der Waals surface area contributed by atoms with Crippen LogP contribution in [-0.2, 0) is 44.8 Å². The molecular formula is C59H46Au2P2+2. The van der Waals surface area contributed by atoms with Crippen LogP contribution in [0.15, 0.2) is 231 Å². The number of fused-ring (bicyclic) bond motifs is 6. The first-order chi connectivity index (χ1) is 30.0. The molecule has 0 spiro atoms. The van der Waals surface area contributed by atoms with Gasteiger partial charge in [0.25, 0.3) is 0 Å². The summed E-state index contributed by atoms with van der Waals surface area (Å²) in [5.74, 6) is 5.02. The molecule has 0 heterocycles. The second-order valence-corrected chi connectivity index (χ2v) is 22.3. The number of hydrogen-bond acceptors (Lipinski definition) is 0. The van der Waals surface area contributed by atoms with Gasteiger partial charge in [0, 0.05) is 13.8 Å². The Morgan fingerprint density at radius 2 is 0.556 bits per heavy atom. The van der Waals surface area contributed by atoms with E-state index in [0.29, 0.717) is 0 Å². The molecule has 0 saturated carbocycles. The molecular weight excluding hydrogens is 1160 g/mol. The molecule has 4 heteroatoms. The topological polar surface area (TPSA) is 0 Å². The van der Waals surface area contributed by atoms with Crippen LogP contribution in [0.5, 0.6) is 0 Å². The Kier molecular flexibility index (Phi) is 16.7. The molecule has 63 heavy (non-hydrogen) atoms. The third-order valence-corrected chi connectivity index (χ3v) is 18.9. The van der Waals surface area contributed by atoms with E-state index in [1.165, 1.54) is 42.8 Å². The minimum Gasteiger partial charge on any atom is -0.366 e. The van der Waals surface area contributed by atoms with Crippen molar-refractivity contribution in [1.29, 1.82) is 0 Å². The molecule has 0 atom stereocenters. The first-order valence-electron chi connectivity index (χ1n) is 20.6. The standard InChI is InChI=1S/C27H26P2.2C16H9.2Au/c1-27(2,28(23-15-7-3-8-16-23)24-17-9-4-10-18-24)29(25-19-11-5-12-20-25)26-21-13-6-14-22-26;2*1-2-12-11-13-7-3-4-9-15(13)16-10-6-5-8-14(12)16;;/h3-22H,1-2H3;2*3-11H;;/q;2*-1;2*+1/p+2. The zero-order valence-electron chi connectivity index (χ0n) is 35.0. The summed E-state index contributed by atoms with van der Waals surface area (Å²) in [5, 5.41) is 15.3. The smallest absolute Gasteiger partial charge is 0.366 e. The van der Waals surface area contributed by atoms with Crippen LogP contribution in [0.4, 0.5) is 0 Å². The zero-order valence-corrected chi connectivity index (χ0v) is 41.4. The SMILES string of the molecule is CC(C)([PH+](c1ccccc1)c1ccccc1)[PH+](c1ccccc1)c1ccccc1.[Au+].[Au+].[C-]#Cc1cc2ccccc2c2ccccc12.[C-]#Cc1cc2ccccc2c2ccccc12. The Morgan fingerprint density at radius 1 is 0.317 bits per heavy atom. The second kappa shape index (κ2) is 22.4. The van der Waals surface area contributed by atoms with Crippen LogP contribution < -0.4 is 21.2 Å². The van der Waals surface area contributed by atoms with E-state index in [1.807, 2.05) is 72.8 Å². The van der Waals surface area contributed by atoms with E-state index in [1.54, 1.807) is 0 Å². The fourth-order valence-corrected chi connectivity index (χ4v) is 17.0. The molecule has 0 nitrogen and oxygen atoms in total. The summed E-state index contributed by atoms with van der Waals surface area (Å²) < 4.78 is 0. The van der Waals surface area contributed by atoms with E-state index < -0.39 is 15.8 Å². The fraction of sp³-hybridized carbons (Fsp3) is 0.0508. The average Bonchev–Trinajstić information content (AvgIpc) is 3.33. The Hall–Kier alpha value is -5.30. The van der Waals surface area contributed by atoms with Crippen LogP contribution in [0.1, 0.15) is 25.0 Å². The van der Waals surface area contributed by atoms with Gasteiger partial charge in [-0.05, 0) is 80.8 Å². The van der Waals surface area contributed by atoms with Gasteiger partial charge in [0.15, 0.2) is 4.90 Å². The van der Waals surface area contributed by atoms with Crippen molar-refractivity contribution in [2.24, 2.45) is 0 Å². The zero-order chi connectivity index (χ0) is 42.0. The summed E-state index contributed by atoms with van der Waals surface area (Å²) in [7, 11) is -2.05. The van der Waals surface area contributed by atoms with Gasteiger partial charge in [-0.2, -0.15) is 0 Å². The van der Waals surface area contributed by atoms with E-state index in [0.717, 1.165) is 32.7 Å². The summed E-state index contributed by atoms with van der Waals surface area (Å²) >= 11 is 0. The molecule has 0 saturated heterocycles. The van der Waals surface area contributed by atoms with Crippen LogP contribution >= 0.6 is 15.8 Å². The fourth-order valence-electron chi connectivity index (χ4n) is 8.64. The number of benzene rings is 10. The molecule has 0 N–H and O–H groups in total. The molecule has 0 amide bonds. The summed E-state index contributed by atoms with van der Waals surface area (Å²) in [6, 6.07) is 81.6. The Morgan fingerprint density at radius 3 is 0.841 bits per heavy atom. The van der Waals surface area contributed by atoms with Crippen molar-refractivity contribution in [3.63, 3.8) is 0 Å². The second-order valence-electron chi connectivity index (χ2n) is 15.5. The predicted octanol–water partition coefficient (Wildman–Crippen LogP) is 13.3. The van der Waals surface area contributed by atoms with Gasteiger partial charge in [-0.15, -0.1) is 23.3 Å². The molecule has 0 bridgehead atoms. The van der Waals surface area contributed by atoms with Gasteiger partial charge in [-0.1, -0.05) is 181 Å². The first-order valence-corrected chi connectivity index (χ1v) is 23.6. The average molecular weight is 1210 g/mol. The van der Waals surface area contributed by atoms with Gasteiger partial charge < -0.3 is 12.8 Å². The Labute approximate surface area is 406 Å². The number of rotatable bonds is 6. The third kappa shape index (κ3) is 10.6. The maximum absolute atomic E-state index is 7.35. The van der Waals surface area contributed by atoms with Gasteiger partial charge in [0.05, 0.1) is 0 Å². The third-order valence-electron chi connectivity index (χ3n) is 11.3. The van der Waals surface area contributed by atoms with E-state index >= 15 is 0 Å². The van der Waals surface area contributed by atoms with E-state index in [2.05, 4.69) is 183 Å². The van der Waals surface area contributed by atoms with Crippen molar-refractivity contribution in [2.75, 3.05) is 0 Å². The largest absolute Gasteiger partial charge is 1.00 e. The molecule has 0 aliphatic carbocycles. The molecule has 0 aliphatic heterocycles. The van der Waals surface area contributed by atoms with Crippen molar-refractivity contribution in [2.45, 2.75) is 18.7 Å². The van der Waals surface area contributed by atoms with Gasteiger partial charge in [-0.25, -0.2) is 0 Å². The molecule has 0 aromatic heterocycles. The van der Waals surface area contributed by atoms with Crippen molar-refractivity contribution in [3.05, 3.63) is 254 Å². The van der Waals surface area contributed by atoms with Gasteiger partial charge in [0.2, 0.25) is 0 Å². The molecule has 10 aromatic carbocycles. The molecule has 0 aliphatic rings. The molecule has 0 fully saturated rings. The molecule has 312 valence electrons. The quantitative estimate of drug-likeness (QED) is 0.0512. The van der Waals surface area contributed by atoms with Crippen molar-refractivity contribution in [3.8, 4) is 11.8 Å². The van der Waals surface area contributed by atoms with Crippen molar-refractivity contribution >= 4 is 80.2 Å². The normalized spacial score (nSPS) is 10.7. The van der Waals surface area contributed by atoms with Gasteiger partial charge in [-0.3, -0.25) is 11.8 Å². The van der Waals surface area contributed by atoms with Gasteiger partial charge >= 0.3 is 44.8 Å². The first kappa shape index (κ1) is 47.2. The minimum atomic E-state index is -1.02. The maximum Gasteiger partial charge on any atom is 1.00 e. The molecule has 0 radical (unpaired) electrons. The van der Waals surface area contributed by atoms with Crippen molar-refractivity contribution < 1.29 is 44.8 Å². The van der Waals surface area contributed by atoms with E-state index in [4.69, 9.17) is 12.8 Å². The van der Waals surface area contributed by atoms with E-state index in [9.17, 15) is 0 Å². The van der Waals surface area contributed by atoms with E-state index in [-0.39, 0.29) is 49.7 Å². The van der Waals surface area contributed by atoms with Crippen LogP contribution in [-0.4, -0.2) is 4.90 Å². The Balaban J connectivity index is 0.000000166. The summed E-state index contributed by atoms with van der Waals surface area (Å²) in [6.07, 6.45) is 14.7. The monoisotopic (exact) mass is 1210 g/mol. The predicted molar refractivity (Wildman–Crippen MR) is 270 cm³/mol. The maximum atomic E-state index is 7.35. The minimum absolute atomic E-state index is 0. The van der Waals surface area contributed by atoms with Crippen molar-refractivity contribution in [1.82, 2.24) is 0 Å². The van der Waals surface area contributed by atoms with Crippen LogP contribution in [0.3, 0.4) is 0 Å².